The molecule has 1 aliphatic rings. The molecule has 0 radical (unpaired) electrons. The number of hydroxylamine groups is 2. The summed E-state index contributed by atoms with van der Waals surface area (Å²) < 4.78 is 0. The Labute approximate surface area is 94.3 Å². The molecule has 1 aromatic carbocycles. The molecule has 0 aromatic heterocycles. The molecule has 16 heavy (non-hydrogen) atoms. The van der Waals surface area contributed by atoms with Crippen molar-refractivity contribution in [3.05, 3.63) is 41.6 Å². The van der Waals surface area contributed by atoms with E-state index in [4.69, 9.17) is 10.6 Å². The first-order valence-corrected chi connectivity index (χ1v) is 5.17. The topological polar surface area (TPSA) is 55.6 Å². The van der Waals surface area contributed by atoms with Crippen LogP contribution in [-0.2, 0) is 16.2 Å². The van der Waals surface area contributed by atoms with E-state index in [2.05, 4.69) is 0 Å². The summed E-state index contributed by atoms with van der Waals surface area (Å²) >= 11 is 0. The average molecular weight is 218 g/mol. The van der Waals surface area contributed by atoms with Crippen molar-refractivity contribution in [2.45, 2.75) is 19.5 Å². The number of nitrogens with two attached hydrogens (primary N) is 1. The summed E-state index contributed by atoms with van der Waals surface area (Å²) in [6.45, 7) is 2.16. The number of nitrogens with zero attached hydrogens (tertiary/aromatic N) is 1. The van der Waals surface area contributed by atoms with Crippen LogP contribution in [0.4, 0.5) is 0 Å². The van der Waals surface area contributed by atoms with Crippen molar-refractivity contribution in [2.24, 2.45) is 5.73 Å². The highest BCUT2D eigenvalue weighted by molar-refractivity contribution is 5.74. The average Bonchev–Trinajstić information content (AvgIpc) is 2.28. The van der Waals surface area contributed by atoms with Gasteiger partial charge in [0.15, 0.2) is 0 Å². The Kier molecular flexibility index (Phi) is 2.92. The van der Waals surface area contributed by atoms with Gasteiger partial charge in [-0.25, -0.2) is 9.86 Å². The summed E-state index contributed by atoms with van der Waals surface area (Å²) in [4.78, 5) is 16.4. The summed E-state index contributed by atoms with van der Waals surface area (Å²) in [6, 6.07) is 7.36. The second-order valence-electron chi connectivity index (χ2n) is 3.79. The zero-order valence-corrected chi connectivity index (χ0v) is 9.09. The van der Waals surface area contributed by atoms with Gasteiger partial charge in [-0.15, -0.1) is 0 Å². The Bertz CT molecular complexity index is 427. The molecule has 0 aliphatic carbocycles. The lowest BCUT2D eigenvalue weighted by atomic mass is 10.1. The van der Waals surface area contributed by atoms with E-state index < -0.39 is 12.0 Å². The van der Waals surface area contributed by atoms with Crippen molar-refractivity contribution in [3.8, 4) is 0 Å². The van der Waals surface area contributed by atoms with Gasteiger partial charge in [0.25, 0.3) is 0 Å². The summed E-state index contributed by atoms with van der Waals surface area (Å²) in [5.41, 5.74) is 7.70. The SMILES string of the molecule is C[C@@H](N)C(=O)ON1C=Cc2ccccc2C1. The third-order valence-corrected chi connectivity index (χ3v) is 2.38. The maximum Gasteiger partial charge on any atom is 0.348 e. The van der Waals surface area contributed by atoms with Crippen LogP contribution in [0.5, 0.6) is 0 Å². The van der Waals surface area contributed by atoms with Crippen LogP contribution in [0.25, 0.3) is 6.08 Å². The lowest BCUT2D eigenvalue weighted by Gasteiger charge is -2.24. The van der Waals surface area contributed by atoms with Crippen LogP contribution in [0, 0.1) is 0 Å². The van der Waals surface area contributed by atoms with Crippen molar-refractivity contribution in [1.82, 2.24) is 5.06 Å². The fraction of sp³-hybridized carbons (Fsp3) is 0.250. The van der Waals surface area contributed by atoms with Crippen LogP contribution in [0.2, 0.25) is 0 Å². The standard InChI is InChI=1S/C12H14N2O2/c1-9(13)12(15)16-14-7-6-10-4-2-3-5-11(10)8-14/h2-7,9H,8,13H2,1H3/t9-/m1/s1. The van der Waals surface area contributed by atoms with E-state index in [0.29, 0.717) is 6.54 Å². The lowest BCUT2D eigenvalue weighted by molar-refractivity contribution is -0.181. The normalized spacial score (nSPS) is 15.5. The van der Waals surface area contributed by atoms with Crippen LogP contribution in [0.1, 0.15) is 18.1 Å². The van der Waals surface area contributed by atoms with Gasteiger partial charge < -0.3 is 10.6 Å². The summed E-state index contributed by atoms with van der Waals surface area (Å²) in [5.74, 6) is -0.427. The maximum absolute atomic E-state index is 11.3. The largest absolute Gasteiger partial charge is 0.348 e. The van der Waals surface area contributed by atoms with Crippen LogP contribution in [-0.4, -0.2) is 17.1 Å². The van der Waals surface area contributed by atoms with Crippen molar-refractivity contribution in [1.29, 1.82) is 0 Å². The molecular formula is C12H14N2O2. The zero-order chi connectivity index (χ0) is 11.5. The molecule has 0 unspecified atom stereocenters. The van der Waals surface area contributed by atoms with Gasteiger partial charge in [-0.1, -0.05) is 24.3 Å². The van der Waals surface area contributed by atoms with Crippen LogP contribution >= 0.6 is 0 Å². The second kappa shape index (κ2) is 4.37. The van der Waals surface area contributed by atoms with E-state index in [1.165, 1.54) is 5.06 Å². The van der Waals surface area contributed by atoms with Gasteiger partial charge in [0.05, 0.1) is 6.54 Å². The number of rotatable bonds is 2. The lowest BCUT2D eigenvalue weighted by Crippen LogP contribution is -2.34. The summed E-state index contributed by atoms with van der Waals surface area (Å²) in [6.07, 6.45) is 3.65. The Morgan fingerprint density at radius 3 is 3.00 bits per heavy atom. The van der Waals surface area contributed by atoms with E-state index in [-0.39, 0.29) is 0 Å². The third-order valence-electron chi connectivity index (χ3n) is 2.38. The van der Waals surface area contributed by atoms with Gasteiger partial charge in [-0.2, -0.15) is 0 Å². The van der Waals surface area contributed by atoms with Crippen LogP contribution < -0.4 is 5.73 Å². The highest BCUT2D eigenvalue weighted by Gasteiger charge is 2.16. The van der Waals surface area contributed by atoms with Gasteiger partial charge in [0.1, 0.15) is 6.04 Å². The predicted molar refractivity (Wildman–Crippen MR) is 60.8 cm³/mol. The minimum Gasteiger partial charge on any atom is -0.339 e. The molecule has 4 nitrogen and oxygen atoms in total. The zero-order valence-electron chi connectivity index (χ0n) is 9.09. The minimum atomic E-state index is -0.606. The van der Waals surface area contributed by atoms with Crippen LogP contribution in [0.15, 0.2) is 30.5 Å². The van der Waals surface area contributed by atoms with E-state index in [1.807, 2.05) is 30.3 Å². The Hall–Kier alpha value is -1.81. The molecular weight excluding hydrogens is 204 g/mol. The van der Waals surface area contributed by atoms with Gasteiger partial charge in [0, 0.05) is 6.20 Å². The number of hydrogen-bond acceptors (Lipinski definition) is 4. The molecule has 0 saturated heterocycles. The molecule has 0 amide bonds. The minimum absolute atomic E-state index is 0.427. The van der Waals surface area contributed by atoms with Crippen molar-refractivity contribution >= 4 is 12.0 Å². The first kappa shape index (κ1) is 10.7. The fourth-order valence-corrected chi connectivity index (χ4v) is 1.49. The van der Waals surface area contributed by atoms with Crippen molar-refractivity contribution in [3.63, 3.8) is 0 Å². The van der Waals surface area contributed by atoms with E-state index in [0.717, 1.165) is 11.1 Å². The molecule has 1 atom stereocenters. The van der Waals surface area contributed by atoms with Gasteiger partial charge in [-0.3, -0.25) is 0 Å². The molecule has 2 rings (SSSR count). The fourth-order valence-electron chi connectivity index (χ4n) is 1.49. The Morgan fingerprint density at radius 1 is 1.50 bits per heavy atom. The highest BCUT2D eigenvalue weighted by atomic mass is 16.7. The van der Waals surface area contributed by atoms with Crippen molar-refractivity contribution in [2.75, 3.05) is 0 Å². The number of carbonyl (C=O) groups is 1. The summed E-state index contributed by atoms with van der Waals surface area (Å²) in [7, 11) is 0. The Balaban J connectivity index is 2.06. The first-order chi connectivity index (χ1) is 7.66. The Morgan fingerprint density at radius 2 is 2.25 bits per heavy atom. The number of benzene rings is 1. The molecule has 0 saturated carbocycles. The molecule has 1 heterocycles. The molecule has 0 bridgehead atoms. The summed E-state index contributed by atoms with van der Waals surface area (Å²) in [5, 5.41) is 1.49. The van der Waals surface area contributed by atoms with E-state index in [9.17, 15) is 4.79 Å². The number of fused-ring (bicyclic) bond motifs is 1. The van der Waals surface area contributed by atoms with Gasteiger partial charge in [-0.05, 0) is 24.1 Å². The van der Waals surface area contributed by atoms with E-state index in [1.54, 1.807) is 13.1 Å². The van der Waals surface area contributed by atoms with Gasteiger partial charge >= 0.3 is 5.97 Å². The number of carbonyl (C=O) groups excluding carboxylic acids is 1. The predicted octanol–water partition coefficient (Wildman–Crippen LogP) is 1.28. The first-order valence-electron chi connectivity index (χ1n) is 5.17. The quantitative estimate of drug-likeness (QED) is 0.812. The molecule has 84 valence electrons. The number of hydrogen-bond donors (Lipinski definition) is 1. The van der Waals surface area contributed by atoms with E-state index >= 15 is 0 Å². The molecule has 0 fully saturated rings. The third kappa shape index (κ3) is 2.23. The molecule has 1 aliphatic heterocycles. The van der Waals surface area contributed by atoms with Crippen LogP contribution in [0.3, 0.4) is 0 Å². The monoisotopic (exact) mass is 218 g/mol. The molecule has 0 spiro atoms. The van der Waals surface area contributed by atoms with Gasteiger partial charge in [0.2, 0.25) is 0 Å². The molecule has 4 heteroatoms. The smallest absolute Gasteiger partial charge is 0.339 e. The molecule has 1 aromatic rings. The highest BCUT2D eigenvalue weighted by Crippen LogP contribution is 2.19. The van der Waals surface area contributed by atoms with Crippen molar-refractivity contribution < 1.29 is 9.63 Å². The molecule has 2 N–H and O–H groups in total. The maximum atomic E-state index is 11.3. The second-order valence-corrected chi connectivity index (χ2v) is 3.79.